The minimum Gasteiger partial charge on any atom is -0.379 e. The van der Waals surface area contributed by atoms with E-state index in [-0.39, 0.29) is 6.03 Å². The van der Waals surface area contributed by atoms with Crippen LogP contribution < -0.4 is 10.6 Å². The molecule has 25 heavy (non-hydrogen) atoms. The molecule has 1 aromatic carbocycles. The number of anilines is 1. The van der Waals surface area contributed by atoms with E-state index < -0.39 is 0 Å². The number of carbonyl (C=O) groups excluding carboxylic acids is 1. The SMILES string of the molecule is Cc1nc(Cc2ccc(NC(=O)NCCN3CCOCC3)cc2)n[nH]1. The number of amides is 2. The fourth-order valence-electron chi connectivity index (χ4n) is 2.68. The fraction of sp³-hybridized carbons (Fsp3) is 0.471. The summed E-state index contributed by atoms with van der Waals surface area (Å²) in [6.07, 6.45) is 0.663. The predicted molar refractivity (Wildman–Crippen MR) is 94.6 cm³/mol. The van der Waals surface area contributed by atoms with Crippen molar-refractivity contribution in [3.05, 3.63) is 41.5 Å². The molecule has 1 aliphatic heterocycles. The molecule has 0 unspecified atom stereocenters. The van der Waals surface area contributed by atoms with Crippen molar-refractivity contribution in [2.45, 2.75) is 13.3 Å². The molecule has 2 aromatic rings. The van der Waals surface area contributed by atoms with Crippen LogP contribution in [-0.2, 0) is 11.2 Å². The molecule has 8 heteroatoms. The first kappa shape index (κ1) is 17.4. The Morgan fingerprint density at radius 3 is 2.72 bits per heavy atom. The van der Waals surface area contributed by atoms with Gasteiger partial charge in [-0.05, 0) is 24.6 Å². The molecule has 1 aromatic heterocycles. The molecular weight excluding hydrogens is 320 g/mol. The van der Waals surface area contributed by atoms with Crippen LogP contribution in [0.1, 0.15) is 17.2 Å². The van der Waals surface area contributed by atoms with Crippen LogP contribution in [0.15, 0.2) is 24.3 Å². The van der Waals surface area contributed by atoms with E-state index in [2.05, 4.69) is 30.7 Å². The van der Waals surface area contributed by atoms with Crippen molar-refractivity contribution >= 4 is 11.7 Å². The van der Waals surface area contributed by atoms with Gasteiger partial charge < -0.3 is 15.4 Å². The number of nitrogens with zero attached hydrogens (tertiary/aromatic N) is 3. The zero-order valence-corrected chi connectivity index (χ0v) is 14.4. The average Bonchev–Trinajstić information content (AvgIpc) is 3.02. The number of nitrogens with one attached hydrogen (secondary N) is 3. The molecule has 0 aliphatic carbocycles. The number of carbonyl (C=O) groups is 1. The second kappa shape index (κ2) is 8.59. The third-order valence-corrected chi connectivity index (χ3v) is 4.03. The first-order valence-corrected chi connectivity index (χ1v) is 8.51. The van der Waals surface area contributed by atoms with Gasteiger partial charge in [0, 0.05) is 38.3 Å². The summed E-state index contributed by atoms with van der Waals surface area (Å²) in [6, 6.07) is 7.52. The van der Waals surface area contributed by atoms with Crippen molar-refractivity contribution in [1.82, 2.24) is 25.4 Å². The van der Waals surface area contributed by atoms with Crippen LogP contribution in [-0.4, -0.2) is 65.5 Å². The molecule has 0 saturated carbocycles. The Labute approximate surface area is 147 Å². The van der Waals surface area contributed by atoms with Crippen molar-refractivity contribution in [2.75, 3.05) is 44.7 Å². The Morgan fingerprint density at radius 2 is 2.04 bits per heavy atom. The van der Waals surface area contributed by atoms with Crippen LogP contribution in [0.3, 0.4) is 0 Å². The Kier molecular flexibility index (Phi) is 5.97. The Balaban J connectivity index is 1.40. The van der Waals surface area contributed by atoms with Gasteiger partial charge >= 0.3 is 6.03 Å². The molecule has 0 bridgehead atoms. The van der Waals surface area contributed by atoms with Crippen LogP contribution in [0.2, 0.25) is 0 Å². The fourth-order valence-corrected chi connectivity index (χ4v) is 2.68. The molecule has 1 fully saturated rings. The number of H-pyrrole nitrogens is 1. The van der Waals surface area contributed by atoms with Crippen LogP contribution in [0, 0.1) is 6.92 Å². The smallest absolute Gasteiger partial charge is 0.319 e. The normalized spacial score (nSPS) is 15.1. The third kappa shape index (κ3) is 5.54. The highest BCUT2D eigenvalue weighted by atomic mass is 16.5. The number of hydrogen-bond acceptors (Lipinski definition) is 5. The van der Waals surface area contributed by atoms with Crippen LogP contribution >= 0.6 is 0 Å². The van der Waals surface area contributed by atoms with Gasteiger partial charge in [-0.15, -0.1) is 0 Å². The number of rotatable bonds is 6. The van der Waals surface area contributed by atoms with E-state index >= 15 is 0 Å². The summed E-state index contributed by atoms with van der Waals surface area (Å²) in [5.41, 5.74) is 1.86. The minimum atomic E-state index is -0.189. The second-order valence-electron chi connectivity index (χ2n) is 6.05. The van der Waals surface area contributed by atoms with Gasteiger partial charge in [-0.25, -0.2) is 9.78 Å². The van der Waals surface area contributed by atoms with Gasteiger partial charge in [0.2, 0.25) is 0 Å². The molecule has 3 rings (SSSR count). The first-order valence-electron chi connectivity index (χ1n) is 8.51. The average molecular weight is 344 g/mol. The largest absolute Gasteiger partial charge is 0.379 e. The molecule has 8 nitrogen and oxygen atoms in total. The summed E-state index contributed by atoms with van der Waals surface area (Å²) < 4.78 is 5.30. The maximum Gasteiger partial charge on any atom is 0.319 e. The second-order valence-corrected chi connectivity index (χ2v) is 6.05. The van der Waals surface area contributed by atoms with Crippen molar-refractivity contribution in [2.24, 2.45) is 0 Å². The molecule has 2 amide bonds. The Bertz CT molecular complexity index is 679. The monoisotopic (exact) mass is 344 g/mol. The molecule has 3 N–H and O–H groups in total. The quantitative estimate of drug-likeness (QED) is 0.731. The van der Waals surface area contributed by atoms with Gasteiger partial charge in [0.05, 0.1) is 13.2 Å². The molecule has 0 atom stereocenters. The van der Waals surface area contributed by atoms with E-state index in [1.807, 2.05) is 31.2 Å². The highest BCUT2D eigenvalue weighted by molar-refractivity contribution is 5.89. The Morgan fingerprint density at radius 1 is 1.28 bits per heavy atom. The number of hydrogen-bond donors (Lipinski definition) is 3. The van der Waals surface area contributed by atoms with E-state index in [4.69, 9.17) is 4.74 Å². The van der Waals surface area contributed by atoms with E-state index in [0.717, 1.165) is 55.7 Å². The van der Waals surface area contributed by atoms with Crippen LogP contribution in [0.25, 0.3) is 0 Å². The number of urea groups is 1. The van der Waals surface area contributed by atoms with E-state index in [9.17, 15) is 4.79 Å². The summed E-state index contributed by atoms with van der Waals surface area (Å²) in [6.45, 7) is 6.73. The zero-order valence-electron chi connectivity index (χ0n) is 14.4. The number of ether oxygens (including phenoxy) is 1. The maximum absolute atomic E-state index is 11.9. The molecular formula is C17H24N6O2. The number of aryl methyl sites for hydroxylation is 1. The predicted octanol–water partition coefficient (Wildman–Crippen LogP) is 1.16. The maximum atomic E-state index is 11.9. The molecule has 1 aliphatic rings. The number of morpholine rings is 1. The molecule has 2 heterocycles. The van der Waals surface area contributed by atoms with E-state index in [1.54, 1.807) is 0 Å². The lowest BCUT2D eigenvalue weighted by atomic mass is 10.1. The van der Waals surface area contributed by atoms with Crippen molar-refractivity contribution in [3.8, 4) is 0 Å². The van der Waals surface area contributed by atoms with Crippen LogP contribution in [0.4, 0.5) is 10.5 Å². The van der Waals surface area contributed by atoms with Gasteiger partial charge in [0.25, 0.3) is 0 Å². The molecule has 1 saturated heterocycles. The van der Waals surface area contributed by atoms with Gasteiger partial charge in [0.15, 0.2) is 5.82 Å². The highest BCUT2D eigenvalue weighted by Gasteiger charge is 2.10. The number of aromatic amines is 1. The lowest BCUT2D eigenvalue weighted by Crippen LogP contribution is -2.42. The summed E-state index contributed by atoms with van der Waals surface area (Å²) in [5.74, 6) is 1.57. The zero-order chi connectivity index (χ0) is 17.5. The van der Waals surface area contributed by atoms with Gasteiger partial charge in [-0.2, -0.15) is 5.10 Å². The van der Waals surface area contributed by atoms with Crippen molar-refractivity contribution in [1.29, 1.82) is 0 Å². The van der Waals surface area contributed by atoms with Gasteiger partial charge in [-0.3, -0.25) is 10.00 Å². The number of benzene rings is 1. The topological polar surface area (TPSA) is 95.2 Å². The van der Waals surface area contributed by atoms with E-state index in [1.165, 1.54) is 0 Å². The van der Waals surface area contributed by atoms with Crippen molar-refractivity contribution < 1.29 is 9.53 Å². The molecule has 134 valence electrons. The standard InChI is InChI=1S/C17H24N6O2/c1-13-19-16(22-21-13)12-14-2-4-15(5-3-14)20-17(24)18-6-7-23-8-10-25-11-9-23/h2-5H,6-12H2,1H3,(H2,18,20,24)(H,19,21,22). The van der Waals surface area contributed by atoms with Gasteiger partial charge in [-0.1, -0.05) is 12.1 Å². The summed E-state index contributed by atoms with van der Waals surface area (Å²) in [7, 11) is 0. The molecule has 0 spiro atoms. The highest BCUT2D eigenvalue weighted by Crippen LogP contribution is 2.12. The van der Waals surface area contributed by atoms with E-state index in [0.29, 0.717) is 13.0 Å². The lowest BCUT2D eigenvalue weighted by Gasteiger charge is -2.26. The number of aromatic nitrogens is 3. The van der Waals surface area contributed by atoms with Crippen LogP contribution in [0.5, 0.6) is 0 Å². The van der Waals surface area contributed by atoms with Crippen molar-refractivity contribution in [3.63, 3.8) is 0 Å². The van der Waals surface area contributed by atoms with Gasteiger partial charge in [0.1, 0.15) is 5.82 Å². The summed E-state index contributed by atoms with van der Waals surface area (Å²) >= 11 is 0. The summed E-state index contributed by atoms with van der Waals surface area (Å²) in [5, 5.41) is 12.7. The third-order valence-electron chi connectivity index (χ3n) is 4.03. The summed E-state index contributed by atoms with van der Waals surface area (Å²) in [4.78, 5) is 18.5. The lowest BCUT2D eigenvalue weighted by molar-refractivity contribution is 0.0388. The molecule has 0 radical (unpaired) electrons. The minimum absolute atomic E-state index is 0.189. The first-order chi connectivity index (χ1) is 12.2. The Hall–Kier alpha value is -2.45.